The van der Waals surface area contributed by atoms with Gasteiger partial charge in [0.1, 0.15) is 0 Å². The molecule has 0 spiro atoms. The SMILES string of the molecule is CC(CN1CCCSCC1)C(=O)c1ccccc1. The zero-order chi connectivity index (χ0) is 12.8. The lowest BCUT2D eigenvalue weighted by Crippen LogP contribution is -2.33. The average molecular weight is 263 g/mol. The van der Waals surface area contributed by atoms with Gasteiger partial charge in [0.05, 0.1) is 0 Å². The Kier molecular flexibility index (Phi) is 5.26. The molecule has 98 valence electrons. The predicted molar refractivity (Wildman–Crippen MR) is 78.3 cm³/mol. The van der Waals surface area contributed by atoms with E-state index in [1.54, 1.807) is 0 Å². The summed E-state index contributed by atoms with van der Waals surface area (Å²) >= 11 is 2.02. The number of carbonyl (C=O) groups is 1. The van der Waals surface area contributed by atoms with Crippen molar-refractivity contribution in [2.75, 3.05) is 31.1 Å². The van der Waals surface area contributed by atoms with Crippen molar-refractivity contribution in [1.82, 2.24) is 4.90 Å². The van der Waals surface area contributed by atoms with E-state index in [2.05, 4.69) is 4.90 Å². The third kappa shape index (κ3) is 3.85. The van der Waals surface area contributed by atoms with Crippen LogP contribution in [0.1, 0.15) is 23.7 Å². The Balaban J connectivity index is 1.90. The summed E-state index contributed by atoms with van der Waals surface area (Å²) in [5, 5.41) is 0. The molecule has 1 saturated heterocycles. The molecule has 1 aliphatic heterocycles. The summed E-state index contributed by atoms with van der Waals surface area (Å²) in [7, 11) is 0. The highest BCUT2D eigenvalue weighted by molar-refractivity contribution is 7.99. The molecule has 0 aliphatic carbocycles. The third-order valence-corrected chi connectivity index (χ3v) is 4.40. The van der Waals surface area contributed by atoms with Crippen molar-refractivity contribution in [2.45, 2.75) is 13.3 Å². The van der Waals surface area contributed by atoms with E-state index in [-0.39, 0.29) is 11.7 Å². The number of carbonyl (C=O) groups excluding carboxylic acids is 1. The summed E-state index contributed by atoms with van der Waals surface area (Å²) in [4.78, 5) is 14.7. The first-order valence-electron chi connectivity index (χ1n) is 6.67. The lowest BCUT2D eigenvalue weighted by atomic mass is 9.99. The van der Waals surface area contributed by atoms with Gasteiger partial charge >= 0.3 is 0 Å². The van der Waals surface area contributed by atoms with Gasteiger partial charge in [-0.05, 0) is 18.7 Å². The van der Waals surface area contributed by atoms with Gasteiger partial charge in [0.2, 0.25) is 0 Å². The van der Waals surface area contributed by atoms with E-state index in [1.807, 2.05) is 49.0 Å². The Morgan fingerprint density at radius 1 is 1.28 bits per heavy atom. The fourth-order valence-corrected chi connectivity index (χ4v) is 3.26. The molecule has 3 heteroatoms. The van der Waals surface area contributed by atoms with Gasteiger partial charge in [0.25, 0.3) is 0 Å². The molecule has 1 aromatic rings. The highest BCUT2D eigenvalue weighted by Crippen LogP contribution is 2.14. The van der Waals surface area contributed by atoms with Crippen molar-refractivity contribution in [3.8, 4) is 0 Å². The monoisotopic (exact) mass is 263 g/mol. The van der Waals surface area contributed by atoms with Crippen molar-refractivity contribution < 1.29 is 4.79 Å². The zero-order valence-electron chi connectivity index (χ0n) is 11.0. The highest BCUT2D eigenvalue weighted by atomic mass is 32.2. The Morgan fingerprint density at radius 2 is 2.06 bits per heavy atom. The lowest BCUT2D eigenvalue weighted by molar-refractivity contribution is 0.0897. The van der Waals surface area contributed by atoms with Crippen LogP contribution in [-0.2, 0) is 0 Å². The van der Waals surface area contributed by atoms with Crippen LogP contribution < -0.4 is 0 Å². The maximum absolute atomic E-state index is 12.3. The number of ketones is 1. The van der Waals surface area contributed by atoms with Crippen molar-refractivity contribution in [3.05, 3.63) is 35.9 Å². The second-order valence-corrected chi connectivity index (χ2v) is 6.12. The largest absolute Gasteiger partial charge is 0.302 e. The number of nitrogens with zero attached hydrogens (tertiary/aromatic N) is 1. The molecule has 0 aromatic heterocycles. The van der Waals surface area contributed by atoms with Crippen LogP contribution in [0.4, 0.5) is 0 Å². The third-order valence-electron chi connectivity index (χ3n) is 3.35. The number of rotatable bonds is 4. The molecule has 2 rings (SSSR count). The molecule has 1 fully saturated rings. The summed E-state index contributed by atoms with van der Waals surface area (Å²) in [6, 6.07) is 9.65. The molecule has 2 nitrogen and oxygen atoms in total. The quantitative estimate of drug-likeness (QED) is 0.779. The number of thioether (sulfide) groups is 1. The van der Waals surface area contributed by atoms with E-state index in [1.165, 1.54) is 17.9 Å². The molecular weight excluding hydrogens is 242 g/mol. The van der Waals surface area contributed by atoms with Crippen LogP contribution >= 0.6 is 11.8 Å². The molecule has 1 unspecified atom stereocenters. The van der Waals surface area contributed by atoms with Crippen LogP contribution in [0, 0.1) is 5.92 Å². The van der Waals surface area contributed by atoms with Crippen LogP contribution in [0.15, 0.2) is 30.3 Å². The van der Waals surface area contributed by atoms with Crippen LogP contribution in [-0.4, -0.2) is 41.8 Å². The Bertz CT molecular complexity index is 371. The summed E-state index contributed by atoms with van der Waals surface area (Å²) in [6.07, 6.45) is 1.25. The second-order valence-electron chi connectivity index (χ2n) is 4.90. The highest BCUT2D eigenvalue weighted by Gasteiger charge is 2.19. The Labute approximate surface area is 114 Å². The van der Waals surface area contributed by atoms with E-state index >= 15 is 0 Å². The Morgan fingerprint density at radius 3 is 2.83 bits per heavy atom. The van der Waals surface area contributed by atoms with E-state index in [4.69, 9.17) is 0 Å². The normalized spacial score (nSPS) is 19.2. The number of benzene rings is 1. The van der Waals surface area contributed by atoms with E-state index < -0.39 is 0 Å². The molecule has 0 radical (unpaired) electrons. The van der Waals surface area contributed by atoms with Crippen molar-refractivity contribution in [1.29, 1.82) is 0 Å². The zero-order valence-corrected chi connectivity index (χ0v) is 11.8. The minimum absolute atomic E-state index is 0.0931. The summed E-state index contributed by atoms with van der Waals surface area (Å²) in [5.41, 5.74) is 0.842. The van der Waals surface area contributed by atoms with Crippen LogP contribution in [0.3, 0.4) is 0 Å². The van der Waals surface area contributed by atoms with Gasteiger partial charge < -0.3 is 4.90 Å². The minimum atomic E-state index is 0.0931. The molecule has 0 N–H and O–H groups in total. The maximum atomic E-state index is 12.3. The van der Waals surface area contributed by atoms with Crippen LogP contribution in [0.2, 0.25) is 0 Å². The topological polar surface area (TPSA) is 20.3 Å². The van der Waals surface area contributed by atoms with E-state index in [0.717, 1.165) is 25.2 Å². The number of Topliss-reactive ketones (excluding diaryl/α,β-unsaturated/α-hetero) is 1. The molecular formula is C15H21NOS. The van der Waals surface area contributed by atoms with Crippen molar-refractivity contribution in [2.24, 2.45) is 5.92 Å². The van der Waals surface area contributed by atoms with Crippen LogP contribution in [0.25, 0.3) is 0 Å². The summed E-state index contributed by atoms with van der Waals surface area (Å²) < 4.78 is 0. The predicted octanol–water partition coefficient (Wildman–Crippen LogP) is 2.94. The fraction of sp³-hybridized carbons (Fsp3) is 0.533. The van der Waals surface area contributed by atoms with Crippen molar-refractivity contribution in [3.63, 3.8) is 0 Å². The number of hydrogen-bond donors (Lipinski definition) is 0. The summed E-state index contributed by atoms with van der Waals surface area (Å²) in [5.74, 6) is 2.83. The van der Waals surface area contributed by atoms with E-state index in [0.29, 0.717) is 0 Å². The average Bonchev–Trinajstić information content (AvgIpc) is 2.67. The lowest BCUT2D eigenvalue weighted by Gasteiger charge is -2.22. The Hall–Kier alpha value is -0.800. The van der Waals surface area contributed by atoms with Crippen molar-refractivity contribution >= 4 is 17.5 Å². The molecule has 18 heavy (non-hydrogen) atoms. The van der Waals surface area contributed by atoms with Gasteiger partial charge in [-0.3, -0.25) is 4.79 Å². The van der Waals surface area contributed by atoms with Crippen LogP contribution in [0.5, 0.6) is 0 Å². The van der Waals surface area contributed by atoms with Gasteiger partial charge in [0.15, 0.2) is 5.78 Å². The first-order valence-corrected chi connectivity index (χ1v) is 7.82. The van der Waals surface area contributed by atoms with Gasteiger partial charge in [-0.2, -0.15) is 11.8 Å². The number of hydrogen-bond acceptors (Lipinski definition) is 3. The molecule has 0 amide bonds. The smallest absolute Gasteiger partial charge is 0.166 e. The molecule has 0 saturated carbocycles. The van der Waals surface area contributed by atoms with Gasteiger partial charge in [-0.25, -0.2) is 0 Å². The molecule has 1 heterocycles. The van der Waals surface area contributed by atoms with E-state index in [9.17, 15) is 4.79 Å². The molecule has 0 bridgehead atoms. The maximum Gasteiger partial charge on any atom is 0.166 e. The first-order chi connectivity index (χ1) is 8.77. The minimum Gasteiger partial charge on any atom is -0.302 e. The molecule has 1 atom stereocenters. The molecule has 1 aromatic carbocycles. The van der Waals surface area contributed by atoms with Gasteiger partial charge in [0, 0.05) is 30.3 Å². The fourth-order valence-electron chi connectivity index (χ4n) is 2.34. The molecule has 1 aliphatic rings. The van der Waals surface area contributed by atoms with Gasteiger partial charge in [-0.15, -0.1) is 0 Å². The second kappa shape index (κ2) is 6.95. The standard InChI is InChI=1S/C15H21NOS/c1-13(12-16-8-5-10-18-11-9-16)15(17)14-6-3-2-4-7-14/h2-4,6-7,13H,5,8-12H2,1H3. The summed E-state index contributed by atoms with van der Waals surface area (Å²) in [6.45, 7) is 5.21. The first kappa shape index (κ1) is 13.6. The van der Waals surface area contributed by atoms with Gasteiger partial charge in [-0.1, -0.05) is 37.3 Å².